The zero-order valence-corrected chi connectivity index (χ0v) is 9.49. The number of hydrogen-bond donors (Lipinski definition) is 2. The second kappa shape index (κ2) is 5.07. The van der Waals surface area contributed by atoms with E-state index in [9.17, 15) is 4.79 Å². The number of carbonyl (C=O) groups excluding carboxylic acids is 1. The first-order valence-corrected chi connectivity index (χ1v) is 5.66. The third-order valence-electron chi connectivity index (χ3n) is 2.64. The van der Waals surface area contributed by atoms with Gasteiger partial charge in [-0.2, -0.15) is 0 Å². The second-order valence-corrected chi connectivity index (χ2v) is 4.21. The van der Waals surface area contributed by atoms with Crippen LogP contribution >= 0.6 is 0 Å². The van der Waals surface area contributed by atoms with Gasteiger partial charge in [-0.15, -0.1) is 0 Å². The molecule has 16 heavy (non-hydrogen) atoms. The Kier molecular flexibility index (Phi) is 3.51. The van der Waals surface area contributed by atoms with Crippen molar-refractivity contribution in [2.24, 2.45) is 0 Å². The normalized spacial score (nSPS) is 14.8. The summed E-state index contributed by atoms with van der Waals surface area (Å²) in [5.74, 6) is 0.0797. The lowest BCUT2D eigenvalue weighted by molar-refractivity contribution is -0.120. The first kappa shape index (κ1) is 11.1. The van der Waals surface area contributed by atoms with Gasteiger partial charge in [-0.1, -0.05) is 6.07 Å². The molecule has 0 aromatic carbocycles. The summed E-state index contributed by atoms with van der Waals surface area (Å²) in [6.45, 7) is 3.03. The molecular weight excluding hydrogens is 202 g/mol. The minimum Gasteiger partial charge on any atom is -0.352 e. The predicted molar refractivity (Wildman–Crippen MR) is 61.8 cm³/mol. The van der Waals surface area contributed by atoms with Crippen LogP contribution in [0.3, 0.4) is 0 Å². The number of aromatic nitrogens is 1. The number of carbonyl (C=O) groups is 1. The summed E-state index contributed by atoms with van der Waals surface area (Å²) in [4.78, 5) is 15.6. The van der Waals surface area contributed by atoms with E-state index in [4.69, 9.17) is 0 Å². The molecule has 86 valence electrons. The molecule has 0 saturated heterocycles. The Morgan fingerprint density at radius 3 is 3.06 bits per heavy atom. The van der Waals surface area contributed by atoms with Crippen LogP contribution in [0, 0.1) is 6.92 Å². The molecule has 2 rings (SSSR count). The summed E-state index contributed by atoms with van der Waals surface area (Å²) in [6, 6.07) is 4.37. The summed E-state index contributed by atoms with van der Waals surface area (Å²) >= 11 is 0. The maximum absolute atomic E-state index is 11.4. The van der Waals surface area contributed by atoms with Crippen LogP contribution in [0.5, 0.6) is 0 Å². The highest BCUT2D eigenvalue weighted by Gasteiger charge is 2.22. The lowest BCUT2D eigenvalue weighted by atomic mass is 10.2. The number of rotatable bonds is 5. The van der Waals surface area contributed by atoms with Crippen molar-refractivity contribution >= 4 is 5.91 Å². The van der Waals surface area contributed by atoms with Crippen molar-refractivity contribution in [2.75, 3.05) is 6.54 Å². The number of nitrogens with zero attached hydrogens (tertiary/aromatic N) is 1. The van der Waals surface area contributed by atoms with Gasteiger partial charge in [-0.05, 0) is 31.4 Å². The summed E-state index contributed by atoms with van der Waals surface area (Å²) < 4.78 is 0. The van der Waals surface area contributed by atoms with Crippen molar-refractivity contribution < 1.29 is 4.79 Å². The quantitative estimate of drug-likeness (QED) is 0.768. The smallest absolute Gasteiger partial charge is 0.234 e. The SMILES string of the molecule is Cc1cccnc1CNCC(=O)NC1CC1. The van der Waals surface area contributed by atoms with Gasteiger partial charge in [0.05, 0.1) is 12.2 Å². The van der Waals surface area contributed by atoms with E-state index >= 15 is 0 Å². The summed E-state index contributed by atoms with van der Waals surface area (Å²) in [5.41, 5.74) is 2.15. The monoisotopic (exact) mass is 219 g/mol. The highest BCUT2D eigenvalue weighted by atomic mass is 16.2. The molecule has 1 saturated carbocycles. The van der Waals surface area contributed by atoms with E-state index in [1.165, 1.54) is 0 Å². The molecule has 0 spiro atoms. The van der Waals surface area contributed by atoms with Crippen LogP contribution in [0.15, 0.2) is 18.3 Å². The standard InChI is InChI=1S/C12H17N3O/c1-9-3-2-6-14-11(9)7-13-8-12(16)15-10-4-5-10/h2-3,6,10,13H,4-5,7-8H2,1H3,(H,15,16). The van der Waals surface area contributed by atoms with Crippen molar-refractivity contribution in [1.82, 2.24) is 15.6 Å². The van der Waals surface area contributed by atoms with E-state index in [1.807, 2.05) is 19.1 Å². The predicted octanol–water partition coefficient (Wildman–Crippen LogP) is 0.758. The zero-order valence-electron chi connectivity index (χ0n) is 9.49. The van der Waals surface area contributed by atoms with E-state index < -0.39 is 0 Å². The Morgan fingerprint density at radius 2 is 2.38 bits per heavy atom. The van der Waals surface area contributed by atoms with Crippen LogP contribution in [-0.2, 0) is 11.3 Å². The molecule has 1 aliphatic rings. The van der Waals surface area contributed by atoms with Gasteiger partial charge in [0, 0.05) is 18.8 Å². The lowest BCUT2D eigenvalue weighted by Crippen LogP contribution is -2.35. The molecule has 1 aromatic heterocycles. The van der Waals surface area contributed by atoms with Gasteiger partial charge >= 0.3 is 0 Å². The molecule has 4 heteroatoms. The molecular formula is C12H17N3O. The van der Waals surface area contributed by atoms with Crippen LogP contribution in [0.2, 0.25) is 0 Å². The van der Waals surface area contributed by atoms with Crippen molar-refractivity contribution in [1.29, 1.82) is 0 Å². The number of pyridine rings is 1. The van der Waals surface area contributed by atoms with Crippen LogP contribution in [0.25, 0.3) is 0 Å². The van der Waals surface area contributed by atoms with E-state index in [0.29, 0.717) is 19.1 Å². The largest absolute Gasteiger partial charge is 0.352 e. The second-order valence-electron chi connectivity index (χ2n) is 4.21. The van der Waals surface area contributed by atoms with Crippen LogP contribution in [0.4, 0.5) is 0 Å². The molecule has 1 aliphatic carbocycles. The highest BCUT2D eigenvalue weighted by molar-refractivity contribution is 5.78. The fraction of sp³-hybridized carbons (Fsp3) is 0.500. The average Bonchev–Trinajstić information content (AvgIpc) is 3.05. The van der Waals surface area contributed by atoms with Crippen LogP contribution in [0.1, 0.15) is 24.1 Å². The van der Waals surface area contributed by atoms with Crippen molar-refractivity contribution in [2.45, 2.75) is 32.4 Å². The van der Waals surface area contributed by atoms with Gasteiger partial charge in [-0.25, -0.2) is 0 Å². The molecule has 1 fully saturated rings. The van der Waals surface area contributed by atoms with Crippen molar-refractivity contribution in [3.63, 3.8) is 0 Å². The Hall–Kier alpha value is -1.42. The topological polar surface area (TPSA) is 54.0 Å². The molecule has 1 amide bonds. The fourth-order valence-corrected chi connectivity index (χ4v) is 1.50. The third-order valence-corrected chi connectivity index (χ3v) is 2.64. The van der Waals surface area contributed by atoms with E-state index in [-0.39, 0.29) is 5.91 Å². The Bertz CT molecular complexity index is 374. The van der Waals surface area contributed by atoms with E-state index in [1.54, 1.807) is 6.20 Å². The van der Waals surface area contributed by atoms with Crippen LogP contribution < -0.4 is 10.6 Å². The Balaban J connectivity index is 1.70. The maximum atomic E-state index is 11.4. The van der Waals surface area contributed by atoms with Crippen molar-refractivity contribution in [3.8, 4) is 0 Å². The molecule has 0 aliphatic heterocycles. The van der Waals surface area contributed by atoms with Crippen molar-refractivity contribution in [3.05, 3.63) is 29.6 Å². The van der Waals surface area contributed by atoms with E-state index in [2.05, 4.69) is 15.6 Å². The van der Waals surface area contributed by atoms with Gasteiger partial charge in [0.25, 0.3) is 0 Å². The molecule has 1 aromatic rings. The molecule has 0 radical (unpaired) electrons. The number of nitrogens with one attached hydrogen (secondary N) is 2. The maximum Gasteiger partial charge on any atom is 0.234 e. The molecule has 0 atom stereocenters. The summed E-state index contributed by atoms with van der Waals surface area (Å²) in [5, 5.41) is 6.03. The summed E-state index contributed by atoms with van der Waals surface area (Å²) in [7, 11) is 0. The first-order valence-electron chi connectivity index (χ1n) is 5.66. The molecule has 1 heterocycles. The van der Waals surface area contributed by atoms with Gasteiger partial charge < -0.3 is 10.6 Å². The highest BCUT2D eigenvalue weighted by Crippen LogP contribution is 2.18. The first-order chi connectivity index (χ1) is 7.75. The number of amides is 1. The molecule has 4 nitrogen and oxygen atoms in total. The summed E-state index contributed by atoms with van der Waals surface area (Å²) in [6.07, 6.45) is 4.03. The Morgan fingerprint density at radius 1 is 1.56 bits per heavy atom. The minimum absolute atomic E-state index is 0.0797. The minimum atomic E-state index is 0.0797. The molecule has 0 bridgehead atoms. The molecule has 2 N–H and O–H groups in total. The average molecular weight is 219 g/mol. The zero-order chi connectivity index (χ0) is 11.4. The molecule has 0 unspecified atom stereocenters. The van der Waals surface area contributed by atoms with Gasteiger partial charge in [0.15, 0.2) is 0 Å². The third kappa shape index (κ3) is 3.31. The number of aryl methyl sites for hydroxylation is 1. The fourth-order valence-electron chi connectivity index (χ4n) is 1.50. The van der Waals surface area contributed by atoms with Gasteiger partial charge in [0.2, 0.25) is 5.91 Å². The number of hydrogen-bond acceptors (Lipinski definition) is 3. The Labute approximate surface area is 95.5 Å². The van der Waals surface area contributed by atoms with Gasteiger partial charge in [0.1, 0.15) is 0 Å². The van der Waals surface area contributed by atoms with E-state index in [0.717, 1.165) is 24.1 Å². The van der Waals surface area contributed by atoms with Gasteiger partial charge in [-0.3, -0.25) is 9.78 Å². The lowest BCUT2D eigenvalue weighted by Gasteiger charge is -2.06. The van der Waals surface area contributed by atoms with Crippen LogP contribution in [-0.4, -0.2) is 23.5 Å².